The van der Waals surface area contributed by atoms with E-state index in [9.17, 15) is 14.0 Å². The first-order valence-corrected chi connectivity index (χ1v) is 12.1. The van der Waals surface area contributed by atoms with Crippen molar-refractivity contribution in [2.24, 2.45) is 5.92 Å². The van der Waals surface area contributed by atoms with Crippen molar-refractivity contribution in [3.63, 3.8) is 0 Å². The van der Waals surface area contributed by atoms with Gasteiger partial charge in [-0.3, -0.25) is 4.79 Å². The number of benzene rings is 2. The Labute approximate surface area is 205 Å². The number of piperazine rings is 1. The van der Waals surface area contributed by atoms with E-state index in [0.717, 1.165) is 30.8 Å². The van der Waals surface area contributed by atoms with Crippen molar-refractivity contribution in [3.05, 3.63) is 66.1 Å². The number of carbonyl (C=O) groups is 2. The van der Waals surface area contributed by atoms with Gasteiger partial charge in [0.05, 0.1) is 18.0 Å². The molecule has 0 N–H and O–H groups in total. The average Bonchev–Trinajstić information content (AvgIpc) is 3.34. The molecule has 1 fully saturated rings. The van der Waals surface area contributed by atoms with Gasteiger partial charge in [-0.25, -0.2) is 13.9 Å². The summed E-state index contributed by atoms with van der Waals surface area (Å²) in [5.41, 5.74) is 3.48. The van der Waals surface area contributed by atoms with Crippen molar-refractivity contribution in [3.8, 4) is 16.9 Å². The predicted octanol–water partition coefficient (Wildman–Crippen LogP) is 4.55. The standard InChI is InChI=1S/C27H31FN4O3/c1-4-19(3)26(33)31-16-14-30(15-17-31)22-10-6-20(7-11-22)25-18-24(27(34)35-5-2)29-32(25)23-12-8-21(28)9-13-23/h6-13,18-19H,4-5,14-17H2,1-3H3. The van der Waals surface area contributed by atoms with Gasteiger partial charge in [-0.15, -0.1) is 0 Å². The second-order valence-corrected chi connectivity index (χ2v) is 8.69. The zero-order valence-electron chi connectivity index (χ0n) is 20.4. The van der Waals surface area contributed by atoms with E-state index in [1.54, 1.807) is 29.8 Å². The molecule has 1 amide bonds. The van der Waals surface area contributed by atoms with E-state index >= 15 is 0 Å². The van der Waals surface area contributed by atoms with E-state index in [1.165, 1.54) is 12.1 Å². The largest absolute Gasteiger partial charge is 0.461 e. The van der Waals surface area contributed by atoms with Crippen LogP contribution in [0.25, 0.3) is 16.9 Å². The van der Waals surface area contributed by atoms with E-state index in [1.807, 2.05) is 43.0 Å². The molecular weight excluding hydrogens is 447 g/mol. The normalized spacial score (nSPS) is 14.6. The smallest absolute Gasteiger partial charge is 0.358 e. The van der Waals surface area contributed by atoms with Crippen LogP contribution in [0.15, 0.2) is 54.6 Å². The maximum absolute atomic E-state index is 13.5. The molecule has 0 aliphatic carbocycles. The van der Waals surface area contributed by atoms with Crippen LogP contribution in [-0.2, 0) is 9.53 Å². The molecule has 2 aromatic carbocycles. The van der Waals surface area contributed by atoms with Crippen molar-refractivity contribution < 1.29 is 18.7 Å². The van der Waals surface area contributed by atoms with Gasteiger partial charge < -0.3 is 14.5 Å². The number of hydrogen-bond donors (Lipinski definition) is 0. The molecule has 1 aliphatic heterocycles. The second kappa shape index (κ2) is 10.7. The highest BCUT2D eigenvalue weighted by atomic mass is 19.1. The fourth-order valence-corrected chi connectivity index (χ4v) is 4.18. The Morgan fingerprint density at radius 2 is 1.60 bits per heavy atom. The van der Waals surface area contributed by atoms with Gasteiger partial charge in [0.1, 0.15) is 5.82 Å². The van der Waals surface area contributed by atoms with E-state index in [0.29, 0.717) is 24.5 Å². The maximum atomic E-state index is 13.5. The lowest BCUT2D eigenvalue weighted by molar-refractivity contribution is -0.135. The summed E-state index contributed by atoms with van der Waals surface area (Å²) in [4.78, 5) is 29.0. The fourth-order valence-electron chi connectivity index (χ4n) is 4.18. The number of amides is 1. The number of carbonyl (C=O) groups excluding carboxylic acids is 2. The molecule has 35 heavy (non-hydrogen) atoms. The van der Waals surface area contributed by atoms with Gasteiger partial charge in [-0.2, -0.15) is 5.10 Å². The monoisotopic (exact) mass is 478 g/mol. The predicted molar refractivity (Wildman–Crippen MR) is 133 cm³/mol. The first-order valence-electron chi connectivity index (χ1n) is 12.1. The summed E-state index contributed by atoms with van der Waals surface area (Å²) in [5.74, 6) is -0.556. The highest BCUT2D eigenvalue weighted by molar-refractivity contribution is 5.89. The Morgan fingerprint density at radius 1 is 0.971 bits per heavy atom. The quantitative estimate of drug-likeness (QED) is 0.466. The molecule has 1 aliphatic rings. The molecular formula is C27H31FN4O3. The highest BCUT2D eigenvalue weighted by Gasteiger charge is 2.24. The van der Waals surface area contributed by atoms with Gasteiger partial charge in [0.2, 0.25) is 5.91 Å². The molecule has 1 atom stereocenters. The fraction of sp³-hybridized carbons (Fsp3) is 0.370. The van der Waals surface area contributed by atoms with Crippen molar-refractivity contribution >= 4 is 17.6 Å². The third kappa shape index (κ3) is 5.37. The minimum Gasteiger partial charge on any atom is -0.461 e. The van der Waals surface area contributed by atoms with Crippen LogP contribution in [0, 0.1) is 11.7 Å². The number of halogens is 1. The van der Waals surface area contributed by atoms with Crippen LogP contribution in [0.3, 0.4) is 0 Å². The topological polar surface area (TPSA) is 67.7 Å². The van der Waals surface area contributed by atoms with Gasteiger partial charge in [0, 0.05) is 43.3 Å². The molecule has 0 spiro atoms. The Morgan fingerprint density at radius 3 is 2.20 bits per heavy atom. The molecule has 7 nitrogen and oxygen atoms in total. The number of ether oxygens (including phenoxy) is 1. The van der Waals surface area contributed by atoms with Crippen LogP contribution < -0.4 is 4.90 Å². The SMILES string of the molecule is CCOC(=O)c1cc(-c2ccc(N3CCN(C(=O)C(C)CC)CC3)cc2)n(-c2ccc(F)cc2)n1. The van der Waals surface area contributed by atoms with Crippen LogP contribution in [0.2, 0.25) is 0 Å². The van der Waals surface area contributed by atoms with Gasteiger partial charge >= 0.3 is 5.97 Å². The Kier molecular flexibility index (Phi) is 7.48. The molecule has 4 rings (SSSR count). The van der Waals surface area contributed by atoms with Crippen LogP contribution in [0.4, 0.5) is 10.1 Å². The van der Waals surface area contributed by atoms with E-state index in [-0.39, 0.29) is 29.9 Å². The average molecular weight is 479 g/mol. The first-order chi connectivity index (χ1) is 16.9. The number of aromatic nitrogens is 2. The number of nitrogens with zero attached hydrogens (tertiary/aromatic N) is 4. The summed E-state index contributed by atoms with van der Waals surface area (Å²) in [6.45, 7) is 9.01. The summed E-state index contributed by atoms with van der Waals surface area (Å²) < 4.78 is 20.2. The third-order valence-electron chi connectivity index (χ3n) is 6.42. The number of esters is 1. The molecule has 1 unspecified atom stereocenters. The zero-order valence-corrected chi connectivity index (χ0v) is 20.4. The van der Waals surface area contributed by atoms with Gasteiger partial charge in [0.25, 0.3) is 0 Å². The van der Waals surface area contributed by atoms with E-state index in [2.05, 4.69) is 10.00 Å². The molecule has 0 bridgehead atoms. The molecule has 1 aromatic heterocycles. The van der Waals surface area contributed by atoms with Crippen LogP contribution >= 0.6 is 0 Å². The van der Waals surface area contributed by atoms with E-state index in [4.69, 9.17) is 4.74 Å². The molecule has 3 aromatic rings. The lowest BCUT2D eigenvalue weighted by Crippen LogP contribution is -2.50. The molecule has 0 radical (unpaired) electrons. The molecule has 2 heterocycles. The van der Waals surface area contributed by atoms with Crippen LogP contribution in [-0.4, -0.2) is 59.3 Å². The molecule has 1 saturated heterocycles. The number of hydrogen-bond acceptors (Lipinski definition) is 5. The molecule has 184 valence electrons. The summed E-state index contributed by atoms with van der Waals surface area (Å²) in [6.07, 6.45) is 0.854. The molecule has 0 saturated carbocycles. The number of rotatable bonds is 7. The summed E-state index contributed by atoms with van der Waals surface area (Å²) in [5, 5.41) is 4.44. The Balaban J connectivity index is 1.55. The van der Waals surface area contributed by atoms with Gasteiger partial charge in [0.15, 0.2) is 5.69 Å². The van der Waals surface area contributed by atoms with Crippen LogP contribution in [0.5, 0.6) is 0 Å². The third-order valence-corrected chi connectivity index (χ3v) is 6.42. The second-order valence-electron chi connectivity index (χ2n) is 8.69. The van der Waals surface area contributed by atoms with Crippen molar-refractivity contribution in [1.82, 2.24) is 14.7 Å². The maximum Gasteiger partial charge on any atom is 0.358 e. The summed E-state index contributed by atoms with van der Waals surface area (Å²) in [6, 6.07) is 15.7. The minimum atomic E-state index is -0.504. The summed E-state index contributed by atoms with van der Waals surface area (Å²) >= 11 is 0. The van der Waals surface area contributed by atoms with Crippen molar-refractivity contribution in [2.45, 2.75) is 27.2 Å². The lowest BCUT2D eigenvalue weighted by atomic mass is 10.1. The first kappa shape index (κ1) is 24.4. The Hall–Kier alpha value is -3.68. The number of anilines is 1. The van der Waals surface area contributed by atoms with Crippen molar-refractivity contribution in [2.75, 3.05) is 37.7 Å². The zero-order chi connectivity index (χ0) is 24.9. The lowest BCUT2D eigenvalue weighted by Gasteiger charge is -2.37. The van der Waals surface area contributed by atoms with E-state index < -0.39 is 5.97 Å². The van der Waals surface area contributed by atoms with Gasteiger partial charge in [-0.1, -0.05) is 26.0 Å². The Bertz CT molecular complexity index is 1170. The van der Waals surface area contributed by atoms with Crippen LogP contribution in [0.1, 0.15) is 37.7 Å². The minimum absolute atomic E-state index is 0.0614. The molecule has 8 heteroatoms. The summed E-state index contributed by atoms with van der Waals surface area (Å²) in [7, 11) is 0. The highest BCUT2D eigenvalue weighted by Crippen LogP contribution is 2.28. The van der Waals surface area contributed by atoms with Gasteiger partial charge in [-0.05, 0) is 55.8 Å². The van der Waals surface area contributed by atoms with Crippen molar-refractivity contribution in [1.29, 1.82) is 0 Å².